The number of aromatic nitrogens is 1. The molecule has 2 aliphatic rings. The van der Waals surface area contributed by atoms with Gasteiger partial charge in [-0.1, -0.05) is 18.9 Å². The molecule has 4 nitrogen and oxygen atoms in total. The third kappa shape index (κ3) is 5.78. The van der Waals surface area contributed by atoms with Crippen molar-refractivity contribution in [1.29, 1.82) is 0 Å². The monoisotopic (exact) mass is 317 g/mol. The van der Waals surface area contributed by atoms with Crippen LogP contribution in [0.25, 0.3) is 0 Å². The molecule has 0 N–H and O–H groups in total. The Bertz CT molecular complexity index is 436. The minimum atomic E-state index is 0.769. The maximum absolute atomic E-state index is 5.79. The summed E-state index contributed by atoms with van der Waals surface area (Å²) in [6, 6.07) is 4.20. The predicted octanol–water partition coefficient (Wildman–Crippen LogP) is 3.32. The second-order valence-electron chi connectivity index (χ2n) is 6.95. The van der Waals surface area contributed by atoms with E-state index in [1.54, 1.807) is 0 Å². The average Bonchev–Trinajstić information content (AvgIpc) is 2.62. The van der Waals surface area contributed by atoms with Crippen molar-refractivity contribution < 1.29 is 4.74 Å². The van der Waals surface area contributed by atoms with Gasteiger partial charge in [0.2, 0.25) is 5.88 Å². The number of hydrogen-bond donors (Lipinski definition) is 0. The van der Waals surface area contributed by atoms with Crippen LogP contribution in [0.2, 0.25) is 0 Å². The molecule has 2 fully saturated rings. The lowest BCUT2D eigenvalue weighted by Gasteiger charge is -2.26. The van der Waals surface area contributed by atoms with Crippen LogP contribution in [0.5, 0.6) is 5.88 Å². The minimum absolute atomic E-state index is 0.769. The average molecular weight is 317 g/mol. The number of likely N-dealkylation sites (tertiary alicyclic amines) is 2. The first-order valence-corrected chi connectivity index (χ1v) is 9.42. The molecule has 3 heterocycles. The first kappa shape index (κ1) is 16.7. The molecule has 2 aliphatic heterocycles. The Morgan fingerprint density at radius 3 is 2.22 bits per heavy atom. The van der Waals surface area contributed by atoms with E-state index in [2.05, 4.69) is 20.9 Å². The van der Waals surface area contributed by atoms with Gasteiger partial charge in [-0.3, -0.25) is 4.90 Å². The summed E-state index contributed by atoms with van der Waals surface area (Å²) in [7, 11) is 0. The second-order valence-corrected chi connectivity index (χ2v) is 6.95. The highest BCUT2D eigenvalue weighted by Crippen LogP contribution is 2.14. The van der Waals surface area contributed by atoms with Gasteiger partial charge in [-0.15, -0.1) is 0 Å². The lowest BCUT2D eigenvalue weighted by molar-refractivity contribution is 0.203. The van der Waals surface area contributed by atoms with Crippen LogP contribution in [0.15, 0.2) is 18.3 Å². The van der Waals surface area contributed by atoms with Crippen molar-refractivity contribution in [2.45, 2.75) is 51.5 Å². The van der Waals surface area contributed by atoms with Crippen LogP contribution in [-0.2, 0) is 6.54 Å². The Morgan fingerprint density at radius 1 is 0.870 bits per heavy atom. The summed E-state index contributed by atoms with van der Waals surface area (Å²) in [6.45, 7) is 7.96. The molecule has 1 aromatic heterocycles. The van der Waals surface area contributed by atoms with Gasteiger partial charge in [0.05, 0.1) is 6.61 Å². The van der Waals surface area contributed by atoms with Crippen molar-refractivity contribution in [3.05, 3.63) is 23.9 Å². The van der Waals surface area contributed by atoms with Gasteiger partial charge in [0.15, 0.2) is 0 Å². The second kappa shape index (κ2) is 9.24. The number of piperidine rings is 2. The fourth-order valence-electron chi connectivity index (χ4n) is 3.61. The molecule has 128 valence electrons. The zero-order valence-corrected chi connectivity index (χ0v) is 14.4. The molecule has 3 rings (SSSR count). The van der Waals surface area contributed by atoms with Crippen LogP contribution in [-0.4, -0.2) is 54.1 Å². The maximum Gasteiger partial charge on any atom is 0.213 e. The van der Waals surface area contributed by atoms with Crippen LogP contribution in [0.4, 0.5) is 0 Å². The zero-order valence-electron chi connectivity index (χ0n) is 14.4. The molecule has 0 atom stereocenters. The Morgan fingerprint density at radius 2 is 1.57 bits per heavy atom. The number of hydrogen-bond acceptors (Lipinski definition) is 4. The van der Waals surface area contributed by atoms with E-state index in [1.165, 1.54) is 70.3 Å². The summed E-state index contributed by atoms with van der Waals surface area (Å²) in [4.78, 5) is 9.55. The van der Waals surface area contributed by atoms with Crippen molar-refractivity contribution in [2.24, 2.45) is 0 Å². The van der Waals surface area contributed by atoms with Crippen molar-refractivity contribution in [3.63, 3.8) is 0 Å². The molecular weight excluding hydrogens is 286 g/mol. The molecular formula is C19H31N3O. The third-order valence-electron chi connectivity index (χ3n) is 4.97. The summed E-state index contributed by atoms with van der Waals surface area (Å²) in [6.07, 6.45) is 11.3. The van der Waals surface area contributed by atoms with Gasteiger partial charge in [0, 0.05) is 25.4 Å². The molecule has 0 amide bonds. The van der Waals surface area contributed by atoms with Gasteiger partial charge in [0.1, 0.15) is 0 Å². The molecule has 2 saturated heterocycles. The molecule has 4 heteroatoms. The predicted molar refractivity (Wildman–Crippen MR) is 93.8 cm³/mol. The van der Waals surface area contributed by atoms with E-state index in [9.17, 15) is 0 Å². The molecule has 0 spiro atoms. The molecule has 0 radical (unpaired) electrons. The van der Waals surface area contributed by atoms with Gasteiger partial charge in [-0.05, 0) is 63.8 Å². The lowest BCUT2D eigenvalue weighted by atomic mass is 10.1. The van der Waals surface area contributed by atoms with Crippen LogP contribution in [0.1, 0.15) is 50.5 Å². The van der Waals surface area contributed by atoms with Crippen LogP contribution >= 0.6 is 0 Å². The smallest absolute Gasteiger partial charge is 0.213 e. The molecule has 0 unspecified atom stereocenters. The van der Waals surface area contributed by atoms with E-state index in [-0.39, 0.29) is 0 Å². The summed E-state index contributed by atoms with van der Waals surface area (Å²) >= 11 is 0. The molecule has 1 aromatic rings. The summed E-state index contributed by atoms with van der Waals surface area (Å²) in [5.41, 5.74) is 1.30. The van der Waals surface area contributed by atoms with Crippen LogP contribution in [0, 0.1) is 0 Å². The van der Waals surface area contributed by atoms with E-state index in [0.717, 1.165) is 32.0 Å². The van der Waals surface area contributed by atoms with E-state index in [0.29, 0.717) is 0 Å². The van der Waals surface area contributed by atoms with E-state index < -0.39 is 0 Å². The largest absolute Gasteiger partial charge is 0.478 e. The maximum atomic E-state index is 5.79. The van der Waals surface area contributed by atoms with E-state index in [4.69, 9.17) is 4.74 Å². The first-order valence-electron chi connectivity index (χ1n) is 9.42. The summed E-state index contributed by atoms with van der Waals surface area (Å²) < 4.78 is 5.79. The van der Waals surface area contributed by atoms with Crippen molar-refractivity contribution in [3.8, 4) is 5.88 Å². The van der Waals surface area contributed by atoms with Gasteiger partial charge in [0.25, 0.3) is 0 Å². The SMILES string of the molecule is c1cc(OCCCN2CCCCC2)ncc1CN1CCCCC1. The standard InChI is InChI=1S/C19H31N3O/c1-3-10-21(11-4-1)14-7-15-23-19-9-8-18(16-20-19)17-22-12-5-2-6-13-22/h8-9,16H,1-7,10-15,17H2. The Labute approximate surface area is 140 Å². The Balaban J connectivity index is 1.33. The number of rotatable bonds is 7. The van der Waals surface area contributed by atoms with Crippen molar-refractivity contribution in [2.75, 3.05) is 39.3 Å². The lowest BCUT2D eigenvalue weighted by Crippen LogP contribution is -2.31. The number of pyridine rings is 1. The van der Waals surface area contributed by atoms with E-state index in [1.807, 2.05) is 12.3 Å². The number of ether oxygens (including phenoxy) is 1. The highest BCUT2D eigenvalue weighted by molar-refractivity contribution is 5.17. The highest BCUT2D eigenvalue weighted by atomic mass is 16.5. The molecule has 0 aromatic carbocycles. The van der Waals surface area contributed by atoms with Gasteiger partial charge in [-0.25, -0.2) is 4.98 Å². The fourth-order valence-corrected chi connectivity index (χ4v) is 3.61. The first-order chi connectivity index (χ1) is 11.4. The molecule has 0 aliphatic carbocycles. The Kier molecular flexibility index (Phi) is 6.71. The molecule has 0 saturated carbocycles. The van der Waals surface area contributed by atoms with Crippen LogP contribution < -0.4 is 4.74 Å². The number of nitrogens with zero attached hydrogens (tertiary/aromatic N) is 3. The van der Waals surface area contributed by atoms with E-state index >= 15 is 0 Å². The van der Waals surface area contributed by atoms with Crippen molar-refractivity contribution >= 4 is 0 Å². The Hall–Kier alpha value is -1.13. The topological polar surface area (TPSA) is 28.6 Å². The van der Waals surface area contributed by atoms with Crippen molar-refractivity contribution in [1.82, 2.24) is 14.8 Å². The van der Waals surface area contributed by atoms with Gasteiger partial charge < -0.3 is 9.64 Å². The molecule has 0 bridgehead atoms. The third-order valence-corrected chi connectivity index (χ3v) is 4.97. The summed E-state index contributed by atoms with van der Waals surface area (Å²) in [5.74, 6) is 0.769. The minimum Gasteiger partial charge on any atom is -0.478 e. The summed E-state index contributed by atoms with van der Waals surface area (Å²) in [5, 5.41) is 0. The quantitative estimate of drug-likeness (QED) is 0.721. The normalized spacial score (nSPS) is 20.5. The van der Waals surface area contributed by atoms with Gasteiger partial charge >= 0.3 is 0 Å². The molecule has 23 heavy (non-hydrogen) atoms. The fraction of sp³-hybridized carbons (Fsp3) is 0.737. The van der Waals surface area contributed by atoms with Crippen LogP contribution in [0.3, 0.4) is 0 Å². The zero-order chi connectivity index (χ0) is 15.7. The highest BCUT2D eigenvalue weighted by Gasteiger charge is 2.11. The van der Waals surface area contributed by atoms with Gasteiger partial charge in [-0.2, -0.15) is 0 Å².